The van der Waals surface area contributed by atoms with Crippen LogP contribution in [0.5, 0.6) is 0 Å². The fraction of sp³-hybridized carbons (Fsp3) is 1.00. The molecule has 5 heavy (non-hydrogen) atoms. The van der Waals surface area contributed by atoms with Crippen LogP contribution in [-0.4, -0.2) is 13.7 Å². The molecule has 0 rings (SSSR count). The molecule has 0 nitrogen and oxygen atoms in total. The third-order valence-corrected chi connectivity index (χ3v) is 1.22. The first kappa shape index (κ1) is 5.49. The summed E-state index contributed by atoms with van der Waals surface area (Å²) in [6.45, 7) is 6.62. The highest BCUT2D eigenvalue weighted by atomic mass is 31.1. The molecule has 0 aromatic carbocycles. The summed E-state index contributed by atoms with van der Waals surface area (Å²) in [4.78, 5) is 0. The highest BCUT2D eigenvalue weighted by Gasteiger charge is 1.72. The summed E-state index contributed by atoms with van der Waals surface area (Å²) in [5.74, 6) is 0. The summed E-state index contributed by atoms with van der Waals surface area (Å²) < 4.78 is 0. The summed E-state index contributed by atoms with van der Waals surface area (Å²) in [5.41, 5.74) is 0. The van der Waals surface area contributed by atoms with Gasteiger partial charge >= 0.3 is 0 Å². The molecule has 29 valence electrons. The Morgan fingerprint density at radius 1 is 1.80 bits per heavy atom. The zero-order valence-electron chi connectivity index (χ0n) is 3.78. The van der Waals surface area contributed by atoms with Gasteiger partial charge in [-0.2, -0.15) is 8.46 Å². The van der Waals surface area contributed by atoms with Gasteiger partial charge in [0, 0.05) is 0 Å². The molecule has 0 bridgehead atoms. The molecule has 0 heterocycles. The van der Waals surface area contributed by atoms with Crippen LogP contribution in [-0.2, 0) is 0 Å². The van der Waals surface area contributed by atoms with E-state index >= 15 is 0 Å². The second kappa shape index (κ2) is 4.49. The van der Waals surface area contributed by atoms with Gasteiger partial charge in [-0.1, -0.05) is 19.9 Å². The van der Waals surface area contributed by atoms with E-state index in [9.17, 15) is 0 Å². The lowest BCUT2D eigenvalue weighted by Gasteiger charge is -1.76. The Bertz CT molecular complexity index is 14.4. The fourth-order valence-electron chi connectivity index (χ4n) is 0.204. The molecule has 1 atom stereocenters. The second-order valence-corrected chi connectivity index (χ2v) is 1.89. The number of hydrogen-bond acceptors (Lipinski definition) is 0. The van der Waals surface area contributed by atoms with Crippen molar-refractivity contribution in [3.8, 4) is 0 Å². The second-order valence-electron chi connectivity index (χ2n) is 0.901. The summed E-state index contributed by atoms with van der Waals surface area (Å²) in [7, 11) is 1.03. The van der Waals surface area contributed by atoms with Crippen LogP contribution in [0.4, 0.5) is 0 Å². The molecule has 0 aliphatic carbocycles. The van der Waals surface area contributed by atoms with Crippen LogP contribution >= 0.6 is 8.46 Å². The highest BCUT2D eigenvalue weighted by molar-refractivity contribution is 7.70. The van der Waals surface area contributed by atoms with Crippen LogP contribution in [0.2, 0.25) is 6.32 Å². The molecule has 0 fully saturated rings. The van der Waals surface area contributed by atoms with Crippen LogP contribution in [0, 0.1) is 0 Å². The standard InChI is InChI=1S/C3H9BP/c1-3-4-5-2/h5H,3H2,1-2H3. The van der Waals surface area contributed by atoms with Gasteiger partial charge in [0.1, 0.15) is 7.00 Å². The van der Waals surface area contributed by atoms with Crippen LogP contribution in [0.3, 0.4) is 0 Å². The first-order chi connectivity index (χ1) is 2.41. The lowest BCUT2D eigenvalue weighted by Crippen LogP contribution is -1.67. The average molecular weight is 86.9 g/mol. The van der Waals surface area contributed by atoms with Crippen molar-refractivity contribution in [2.45, 2.75) is 13.2 Å². The molecular formula is C3H9BP. The van der Waals surface area contributed by atoms with E-state index in [1.165, 1.54) is 6.32 Å². The van der Waals surface area contributed by atoms with Crippen molar-refractivity contribution < 1.29 is 0 Å². The predicted octanol–water partition coefficient (Wildman–Crippen LogP) is 1.35. The van der Waals surface area contributed by atoms with Crippen LogP contribution in [0.1, 0.15) is 6.92 Å². The van der Waals surface area contributed by atoms with Crippen LogP contribution < -0.4 is 0 Å². The molecule has 1 unspecified atom stereocenters. The minimum atomic E-state index is 1.03. The molecule has 0 aliphatic heterocycles. The van der Waals surface area contributed by atoms with E-state index in [-0.39, 0.29) is 0 Å². The zero-order chi connectivity index (χ0) is 4.12. The maximum Gasteiger partial charge on any atom is 0.141 e. The highest BCUT2D eigenvalue weighted by Crippen LogP contribution is 1.98. The molecule has 0 saturated heterocycles. The summed E-state index contributed by atoms with van der Waals surface area (Å²) in [6.07, 6.45) is 1.23. The number of rotatable bonds is 2. The maximum atomic E-state index is 2.28. The molecule has 2 heteroatoms. The first-order valence-corrected chi connectivity index (χ1v) is 3.48. The normalized spacial score (nSPS) is 10.0. The molecule has 0 aliphatic rings. The first-order valence-electron chi connectivity index (χ1n) is 1.90. The van der Waals surface area contributed by atoms with Crippen molar-refractivity contribution in [1.29, 1.82) is 0 Å². The van der Waals surface area contributed by atoms with E-state index in [1.807, 2.05) is 0 Å². The van der Waals surface area contributed by atoms with Gasteiger partial charge in [0.25, 0.3) is 0 Å². The molecule has 0 amide bonds. The molecule has 1 radical (unpaired) electrons. The summed E-state index contributed by atoms with van der Waals surface area (Å²) in [6, 6.07) is 0. The van der Waals surface area contributed by atoms with Gasteiger partial charge in [-0.05, 0) is 0 Å². The molecule has 0 spiro atoms. The Labute approximate surface area is 36.3 Å². The topological polar surface area (TPSA) is 0 Å². The average Bonchev–Trinajstić information content (AvgIpc) is 1.41. The minimum absolute atomic E-state index is 1.03. The molecule has 0 saturated carbocycles. The largest absolute Gasteiger partial charge is 0.166 e. The third-order valence-electron chi connectivity index (χ3n) is 0.408. The molecular weight excluding hydrogens is 77.8 g/mol. The monoisotopic (exact) mass is 87.1 g/mol. The summed E-state index contributed by atoms with van der Waals surface area (Å²) in [5, 5.41) is 0. The van der Waals surface area contributed by atoms with Crippen molar-refractivity contribution in [1.82, 2.24) is 0 Å². The Morgan fingerprint density at radius 2 is 2.40 bits per heavy atom. The van der Waals surface area contributed by atoms with Gasteiger partial charge in [-0.15, -0.1) is 0 Å². The van der Waals surface area contributed by atoms with Gasteiger partial charge in [0.05, 0.1) is 0 Å². The van der Waals surface area contributed by atoms with Gasteiger partial charge < -0.3 is 0 Å². The lowest BCUT2D eigenvalue weighted by molar-refractivity contribution is 1.47. The van der Waals surface area contributed by atoms with E-state index in [0.717, 1.165) is 8.46 Å². The Morgan fingerprint density at radius 3 is 2.40 bits per heavy atom. The lowest BCUT2D eigenvalue weighted by atomic mass is 10.1. The van der Waals surface area contributed by atoms with Gasteiger partial charge in [0.15, 0.2) is 0 Å². The fourth-order valence-corrected chi connectivity index (χ4v) is 0.612. The number of hydrogen-bond donors (Lipinski definition) is 0. The van der Waals surface area contributed by atoms with Crippen LogP contribution in [0.25, 0.3) is 0 Å². The molecule has 0 aromatic rings. The van der Waals surface area contributed by atoms with Crippen molar-refractivity contribution >= 4 is 15.5 Å². The van der Waals surface area contributed by atoms with Crippen molar-refractivity contribution in [3.63, 3.8) is 0 Å². The quantitative estimate of drug-likeness (QED) is 0.352. The smallest absolute Gasteiger partial charge is 0.141 e. The van der Waals surface area contributed by atoms with Crippen molar-refractivity contribution in [2.24, 2.45) is 0 Å². The van der Waals surface area contributed by atoms with E-state index in [0.29, 0.717) is 0 Å². The third kappa shape index (κ3) is 4.49. The van der Waals surface area contributed by atoms with E-state index in [4.69, 9.17) is 0 Å². The predicted molar refractivity (Wildman–Crippen MR) is 30.5 cm³/mol. The van der Waals surface area contributed by atoms with E-state index in [1.54, 1.807) is 0 Å². The molecule has 0 N–H and O–H groups in total. The molecule has 0 aromatic heterocycles. The SMILES string of the molecule is CC[B]PC. The van der Waals surface area contributed by atoms with E-state index < -0.39 is 0 Å². The zero-order valence-corrected chi connectivity index (χ0v) is 4.78. The van der Waals surface area contributed by atoms with Gasteiger partial charge in [-0.25, -0.2) is 0 Å². The maximum absolute atomic E-state index is 2.28. The van der Waals surface area contributed by atoms with Gasteiger partial charge in [0.2, 0.25) is 0 Å². The van der Waals surface area contributed by atoms with Crippen molar-refractivity contribution in [2.75, 3.05) is 6.66 Å². The minimum Gasteiger partial charge on any atom is -0.166 e. The van der Waals surface area contributed by atoms with E-state index in [2.05, 4.69) is 20.6 Å². The van der Waals surface area contributed by atoms with Crippen LogP contribution in [0.15, 0.2) is 0 Å². The Hall–Kier alpha value is 0.495. The summed E-state index contributed by atoms with van der Waals surface area (Å²) >= 11 is 0. The Balaban J connectivity index is 2.19. The van der Waals surface area contributed by atoms with Gasteiger partial charge in [-0.3, -0.25) is 0 Å². The van der Waals surface area contributed by atoms with Crippen molar-refractivity contribution in [3.05, 3.63) is 0 Å². The Kier molecular flexibility index (Phi) is 4.94.